The molecule has 2 heterocycles. The first-order valence-corrected chi connectivity index (χ1v) is 8.02. The summed E-state index contributed by atoms with van der Waals surface area (Å²) in [6, 6.07) is 4.86. The zero-order valence-corrected chi connectivity index (χ0v) is 14.4. The van der Waals surface area contributed by atoms with Gasteiger partial charge in [-0.25, -0.2) is 18.7 Å². The molecule has 1 fully saturated rings. The van der Waals surface area contributed by atoms with Crippen molar-refractivity contribution in [2.75, 3.05) is 19.7 Å². The van der Waals surface area contributed by atoms with Gasteiger partial charge in [-0.15, -0.1) is 0 Å². The van der Waals surface area contributed by atoms with E-state index >= 15 is 0 Å². The van der Waals surface area contributed by atoms with Crippen molar-refractivity contribution < 1.29 is 23.5 Å². The van der Waals surface area contributed by atoms with Crippen LogP contribution >= 0.6 is 11.6 Å². The van der Waals surface area contributed by atoms with E-state index in [1.54, 1.807) is 6.92 Å². The van der Waals surface area contributed by atoms with E-state index in [2.05, 4.69) is 10.4 Å². The fourth-order valence-electron chi connectivity index (χ4n) is 2.47. The van der Waals surface area contributed by atoms with E-state index in [1.165, 1.54) is 28.9 Å². The van der Waals surface area contributed by atoms with Gasteiger partial charge in [0, 0.05) is 13.1 Å². The first-order chi connectivity index (χ1) is 12.4. The fourth-order valence-corrected chi connectivity index (χ4v) is 2.82. The molecule has 136 valence electrons. The molecule has 0 saturated carbocycles. The Labute approximate surface area is 152 Å². The van der Waals surface area contributed by atoms with E-state index in [1.807, 2.05) is 0 Å². The Kier molecular flexibility index (Phi) is 4.90. The molecule has 0 spiro atoms. The summed E-state index contributed by atoms with van der Waals surface area (Å²) in [5.74, 6) is -1.89. The molecular formula is C16H14ClFN4O4. The number of nitrogens with zero attached hydrogens (tertiary/aromatic N) is 3. The predicted octanol–water partition coefficient (Wildman–Crippen LogP) is 1.68. The lowest BCUT2D eigenvalue weighted by atomic mass is 10.2. The number of halogens is 2. The molecule has 0 bridgehead atoms. The SMILES string of the molecule is Cc1nn(-c2ccc(F)cc2)c(Cl)c1C(=O)OCC(=O)N1CCNC1=O. The third-order valence-electron chi connectivity index (χ3n) is 3.76. The van der Waals surface area contributed by atoms with Crippen molar-refractivity contribution in [1.82, 2.24) is 20.0 Å². The smallest absolute Gasteiger partial charge is 0.343 e. The minimum atomic E-state index is -0.839. The molecule has 26 heavy (non-hydrogen) atoms. The van der Waals surface area contributed by atoms with Gasteiger partial charge in [-0.05, 0) is 31.2 Å². The summed E-state index contributed by atoms with van der Waals surface area (Å²) in [5, 5.41) is 6.61. The molecule has 2 aromatic rings. The number of aromatic nitrogens is 2. The first kappa shape index (κ1) is 17.9. The number of carbonyl (C=O) groups is 3. The van der Waals surface area contributed by atoms with Gasteiger partial charge < -0.3 is 10.1 Å². The molecule has 1 aromatic carbocycles. The molecular weight excluding hydrogens is 367 g/mol. The van der Waals surface area contributed by atoms with E-state index in [0.717, 1.165) is 4.90 Å². The lowest BCUT2D eigenvalue weighted by molar-refractivity contribution is -0.130. The van der Waals surface area contributed by atoms with Gasteiger partial charge in [0.2, 0.25) is 0 Å². The topological polar surface area (TPSA) is 93.5 Å². The van der Waals surface area contributed by atoms with E-state index in [-0.39, 0.29) is 23.0 Å². The number of ether oxygens (including phenoxy) is 1. The Hall–Kier alpha value is -2.94. The number of hydrogen-bond donors (Lipinski definition) is 1. The number of carbonyl (C=O) groups excluding carboxylic acids is 3. The highest BCUT2D eigenvalue weighted by atomic mass is 35.5. The maximum Gasteiger partial charge on any atom is 0.343 e. The molecule has 1 aliphatic heterocycles. The van der Waals surface area contributed by atoms with Crippen LogP contribution in [0.1, 0.15) is 16.1 Å². The Morgan fingerprint density at radius 1 is 1.35 bits per heavy atom. The first-order valence-electron chi connectivity index (χ1n) is 7.65. The van der Waals surface area contributed by atoms with Crippen LogP contribution in [0.5, 0.6) is 0 Å². The van der Waals surface area contributed by atoms with Gasteiger partial charge in [0.05, 0.1) is 11.4 Å². The number of aryl methyl sites for hydroxylation is 1. The molecule has 0 radical (unpaired) electrons. The lowest BCUT2D eigenvalue weighted by Gasteiger charge is -2.12. The molecule has 3 amide bonds. The lowest BCUT2D eigenvalue weighted by Crippen LogP contribution is -2.37. The zero-order chi connectivity index (χ0) is 18.8. The quantitative estimate of drug-likeness (QED) is 0.814. The van der Waals surface area contributed by atoms with Crippen molar-refractivity contribution in [2.24, 2.45) is 0 Å². The monoisotopic (exact) mass is 380 g/mol. The van der Waals surface area contributed by atoms with Gasteiger partial charge >= 0.3 is 12.0 Å². The van der Waals surface area contributed by atoms with Gasteiger partial charge in [0.1, 0.15) is 16.5 Å². The number of hydrogen-bond acceptors (Lipinski definition) is 5. The summed E-state index contributed by atoms with van der Waals surface area (Å²) < 4.78 is 19.3. The van der Waals surface area contributed by atoms with Crippen LogP contribution in [0.15, 0.2) is 24.3 Å². The summed E-state index contributed by atoms with van der Waals surface area (Å²) in [7, 11) is 0. The normalized spacial score (nSPS) is 13.7. The average Bonchev–Trinajstić information content (AvgIpc) is 3.16. The second-order valence-corrected chi connectivity index (χ2v) is 5.85. The van der Waals surface area contributed by atoms with Crippen LogP contribution in [-0.4, -0.2) is 52.3 Å². The summed E-state index contributed by atoms with van der Waals surface area (Å²) in [4.78, 5) is 36.6. The van der Waals surface area contributed by atoms with Crippen molar-refractivity contribution >= 4 is 29.5 Å². The third kappa shape index (κ3) is 3.38. The third-order valence-corrected chi connectivity index (χ3v) is 4.11. The van der Waals surface area contributed by atoms with E-state index < -0.39 is 30.3 Å². The van der Waals surface area contributed by atoms with Crippen molar-refractivity contribution in [2.45, 2.75) is 6.92 Å². The Morgan fingerprint density at radius 3 is 2.65 bits per heavy atom. The van der Waals surface area contributed by atoms with Gasteiger partial charge in [-0.2, -0.15) is 5.10 Å². The molecule has 3 rings (SSSR count). The number of rotatable bonds is 4. The van der Waals surface area contributed by atoms with Crippen molar-refractivity contribution in [3.63, 3.8) is 0 Å². The fraction of sp³-hybridized carbons (Fsp3) is 0.250. The van der Waals surface area contributed by atoms with Crippen LogP contribution in [0.25, 0.3) is 5.69 Å². The number of urea groups is 1. The Balaban J connectivity index is 1.74. The molecule has 0 aliphatic carbocycles. The largest absolute Gasteiger partial charge is 0.452 e. The van der Waals surface area contributed by atoms with Gasteiger partial charge in [-0.3, -0.25) is 9.69 Å². The van der Waals surface area contributed by atoms with Crippen LogP contribution < -0.4 is 5.32 Å². The van der Waals surface area contributed by atoms with Crippen LogP contribution in [0.4, 0.5) is 9.18 Å². The maximum atomic E-state index is 13.0. The number of esters is 1. The molecule has 0 atom stereocenters. The number of imide groups is 1. The maximum absolute atomic E-state index is 13.0. The highest BCUT2D eigenvalue weighted by molar-refractivity contribution is 6.33. The van der Waals surface area contributed by atoms with Crippen LogP contribution in [0.2, 0.25) is 5.15 Å². The molecule has 8 nitrogen and oxygen atoms in total. The van der Waals surface area contributed by atoms with Crippen molar-refractivity contribution in [3.05, 3.63) is 46.5 Å². The number of nitrogens with one attached hydrogen (secondary N) is 1. The molecule has 1 aromatic heterocycles. The highest BCUT2D eigenvalue weighted by Gasteiger charge is 2.28. The standard InChI is InChI=1S/C16H14ClFN4O4/c1-9-13(14(17)22(20-9)11-4-2-10(18)3-5-11)15(24)26-8-12(23)21-7-6-19-16(21)25/h2-5H,6-8H2,1H3,(H,19,25). The zero-order valence-electron chi connectivity index (χ0n) is 13.7. The van der Waals surface area contributed by atoms with Crippen LogP contribution in [0, 0.1) is 12.7 Å². The summed E-state index contributed by atoms with van der Waals surface area (Å²) in [5.41, 5.74) is 0.744. The second-order valence-electron chi connectivity index (χ2n) is 5.49. The molecule has 1 saturated heterocycles. The number of benzene rings is 1. The molecule has 1 N–H and O–H groups in total. The molecule has 1 aliphatic rings. The van der Waals surface area contributed by atoms with Crippen LogP contribution in [0.3, 0.4) is 0 Å². The van der Waals surface area contributed by atoms with Crippen LogP contribution in [-0.2, 0) is 9.53 Å². The van der Waals surface area contributed by atoms with Crippen molar-refractivity contribution in [3.8, 4) is 5.69 Å². The van der Waals surface area contributed by atoms with E-state index in [9.17, 15) is 18.8 Å². The van der Waals surface area contributed by atoms with Gasteiger partial charge in [-0.1, -0.05) is 11.6 Å². The van der Waals surface area contributed by atoms with Gasteiger partial charge in [0.25, 0.3) is 5.91 Å². The Morgan fingerprint density at radius 2 is 2.04 bits per heavy atom. The predicted molar refractivity (Wildman–Crippen MR) is 88.7 cm³/mol. The van der Waals surface area contributed by atoms with E-state index in [4.69, 9.17) is 16.3 Å². The summed E-state index contributed by atoms with van der Waals surface area (Å²) in [6.07, 6.45) is 0. The molecule has 0 unspecified atom stereocenters. The highest BCUT2D eigenvalue weighted by Crippen LogP contribution is 2.24. The average molecular weight is 381 g/mol. The number of amides is 3. The minimum absolute atomic E-state index is 0.00494. The molecule has 10 heteroatoms. The van der Waals surface area contributed by atoms with Gasteiger partial charge in [0.15, 0.2) is 6.61 Å². The minimum Gasteiger partial charge on any atom is -0.452 e. The Bertz CT molecular complexity index is 881. The van der Waals surface area contributed by atoms with Crippen molar-refractivity contribution in [1.29, 1.82) is 0 Å². The summed E-state index contributed by atoms with van der Waals surface area (Å²) >= 11 is 6.21. The van der Waals surface area contributed by atoms with E-state index in [0.29, 0.717) is 12.2 Å². The second kappa shape index (κ2) is 7.12. The summed E-state index contributed by atoms with van der Waals surface area (Å²) in [6.45, 7) is 1.54.